The third-order valence-corrected chi connectivity index (χ3v) is 8.57. The number of hydrogen-bond donors (Lipinski definition) is 0. The maximum absolute atomic E-state index is 2.69. The molecule has 1 atom stereocenters. The molecule has 0 amide bonds. The Balaban J connectivity index is 2.05. The Hall–Kier alpha value is -0.660. The molecule has 37 heavy (non-hydrogen) atoms. The van der Waals surface area contributed by atoms with Crippen molar-refractivity contribution in [2.24, 2.45) is 0 Å². The fourth-order valence-electron chi connectivity index (χ4n) is 6.01. The first-order valence-corrected chi connectivity index (χ1v) is 17.5. The Morgan fingerprint density at radius 1 is 0.351 bits per heavy atom. The van der Waals surface area contributed by atoms with Crippen LogP contribution < -0.4 is 0 Å². The van der Waals surface area contributed by atoms with Crippen LogP contribution in [0.15, 0.2) is 12.4 Å². The smallest absolute Gasteiger partial charge is 0.101 e. The first kappa shape index (κ1) is 34.4. The Morgan fingerprint density at radius 2 is 0.622 bits per heavy atom. The second kappa shape index (κ2) is 26.9. The molecule has 220 valence electrons. The number of nitrogens with zero attached hydrogens (tertiary/aromatic N) is 2. The molecule has 0 N–H and O–H groups in total. The van der Waals surface area contributed by atoms with Crippen LogP contribution >= 0.6 is 0 Å². The number of unbranched alkanes of at least 4 members (excludes halogenated alkanes) is 23. The van der Waals surface area contributed by atoms with E-state index in [1.54, 1.807) is 0 Å². The summed E-state index contributed by atoms with van der Waals surface area (Å²) in [5, 5.41) is 0. The zero-order valence-electron chi connectivity index (χ0n) is 26.1. The number of hydrogen-bond acceptors (Lipinski definition) is 2. The van der Waals surface area contributed by atoms with Crippen molar-refractivity contribution >= 4 is 0 Å². The quantitative estimate of drug-likeness (QED) is 0.0908. The van der Waals surface area contributed by atoms with Crippen LogP contribution in [0.25, 0.3) is 0 Å². The lowest BCUT2D eigenvalue weighted by Crippen LogP contribution is -2.39. The topological polar surface area (TPSA) is 6.48 Å². The maximum atomic E-state index is 2.69. The van der Waals surface area contributed by atoms with Crippen molar-refractivity contribution in [3.8, 4) is 0 Å². The first-order valence-electron chi connectivity index (χ1n) is 17.5. The molecule has 2 heteroatoms. The molecule has 0 spiro atoms. The molecule has 1 aliphatic rings. The van der Waals surface area contributed by atoms with Crippen LogP contribution in [0.4, 0.5) is 0 Å². The van der Waals surface area contributed by atoms with Gasteiger partial charge in [-0.1, -0.05) is 168 Å². The summed E-state index contributed by atoms with van der Waals surface area (Å²) in [7, 11) is 0. The lowest BCUT2D eigenvalue weighted by atomic mass is 10.0. The number of rotatable bonds is 29. The fraction of sp³-hybridized carbons (Fsp3) is 0.943. The van der Waals surface area contributed by atoms with Gasteiger partial charge in [0.05, 0.1) is 0 Å². The molecular weight excluding hydrogens is 448 g/mol. The molecule has 1 aliphatic heterocycles. The Kier molecular flexibility index (Phi) is 25.0. The summed E-state index contributed by atoms with van der Waals surface area (Å²) >= 11 is 0. The van der Waals surface area contributed by atoms with Crippen molar-refractivity contribution in [3.63, 3.8) is 0 Å². The van der Waals surface area contributed by atoms with Gasteiger partial charge < -0.3 is 9.80 Å². The Labute approximate surface area is 235 Å². The van der Waals surface area contributed by atoms with Gasteiger partial charge in [-0.05, 0) is 25.7 Å². The van der Waals surface area contributed by atoms with Crippen LogP contribution in [-0.2, 0) is 0 Å². The van der Waals surface area contributed by atoms with Gasteiger partial charge in [0.25, 0.3) is 0 Å². The minimum Gasteiger partial charge on any atom is -0.356 e. The van der Waals surface area contributed by atoms with E-state index < -0.39 is 0 Å². The summed E-state index contributed by atoms with van der Waals surface area (Å²) in [6, 6.07) is 0. The Bertz CT molecular complexity index is 474. The van der Waals surface area contributed by atoms with E-state index >= 15 is 0 Å². The maximum Gasteiger partial charge on any atom is 0.101 e. The van der Waals surface area contributed by atoms with Crippen molar-refractivity contribution in [2.45, 2.75) is 200 Å². The minimum atomic E-state index is 0.642. The molecular formula is C35H70N2. The van der Waals surface area contributed by atoms with E-state index in [0.717, 1.165) is 0 Å². The van der Waals surface area contributed by atoms with Crippen LogP contribution in [0.2, 0.25) is 0 Å². The average Bonchev–Trinajstić information content (AvgIpc) is 3.29. The summed E-state index contributed by atoms with van der Waals surface area (Å²) in [4.78, 5) is 5.35. The van der Waals surface area contributed by atoms with Gasteiger partial charge >= 0.3 is 0 Å². The fourth-order valence-corrected chi connectivity index (χ4v) is 6.01. The molecule has 0 radical (unpaired) electrons. The normalized spacial score (nSPS) is 15.4. The molecule has 0 saturated heterocycles. The predicted octanol–water partition coefficient (Wildman–Crippen LogP) is 12.0. The SMILES string of the molecule is CCCCCCCCCCCCCCCCCCN1C=CN(CCCCC)C1CCCCCCCCC. The molecule has 0 bridgehead atoms. The highest BCUT2D eigenvalue weighted by Crippen LogP contribution is 2.24. The van der Waals surface area contributed by atoms with Crippen LogP contribution in [0.1, 0.15) is 194 Å². The minimum absolute atomic E-state index is 0.642. The summed E-state index contributed by atoms with van der Waals surface area (Å²) in [5.41, 5.74) is 0. The zero-order valence-corrected chi connectivity index (χ0v) is 26.1. The third-order valence-electron chi connectivity index (χ3n) is 8.57. The van der Waals surface area contributed by atoms with E-state index in [0.29, 0.717) is 6.17 Å². The van der Waals surface area contributed by atoms with Crippen molar-refractivity contribution in [3.05, 3.63) is 12.4 Å². The van der Waals surface area contributed by atoms with Gasteiger partial charge in [-0.15, -0.1) is 0 Å². The molecule has 0 fully saturated rings. The summed E-state index contributed by atoms with van der Waals surface area (Å²) < 4.78 is 0. The molecule has 0 aromatic rings. The van der Waals surface area contributed by atoms with Gasteiger partial charge in [-0.2, -0.15) is 0 Å². The summed E-state index contributed by atoms with van der Waals surface area (Å²) in [5.74, 6) is 0. The standard InChI is InChI=1S/C35H70N2/c1-4-7-10-12-14-15-16-17-18-19-20-21-22-24-26-29-32-37-34-33-36(31-28-9-6-3)35(37)30-27-25-23-13-11-8-5-2/h33-35H,4-32H2,1-3H3. The zero-order chi connectivity index (χ0) is 26.7. The predicted molar refractivity (Wildman–Crippen MR) is 168 cm³/mol. The van der Waals surface area contributed by atoms with Crippen molar-refractivity contribution < 1.29 is 0 Å². The van der Waals surface area contributed by atoms with E-state index in [4.69, 9.17) is 0 Å². The molecule has 0 saturated carbocycles. The van der Waals surface area contributed by atoms with Gasteiger partial charge in [0.1, 0.15) is 6.17 Å². The molecule has 1 rings (SSSR count). The van der Waals surface area contributed by atoms with Crippen LogP contribution in [0, 0.1) is 0 Å². The highest BCUT2D eigenvalue weighted by atomic mass is 15.4. The van der Waals surface area contributed by atoms with Crippen molar-refractivity contribution in [2.75, 3.05) is 13.1 Å². The monoisotopic (exact) mass is 519 g/mol. The lowest BCUT2D eigenvalue weighted by Gasteiger charge is -2.33. The lowest BCUT2D eigenvalue weighted by molar-refractivity contribution is 0.135. The second-order valence-corrected chi connectivity index (χ2v) is 12.2. The van der Waals surface area contributed by atoms with Gasteiger partial charge in [0.2, 0.25) is 0 Å². The van der Waals surface area contributed by atoms with E-state index in [2.05, 4.69) is 43.0 Å². The van der Waals surface area contributed by atoms with Gasteiger partial charge in [0, 0.05) is 25.5 Å². The summed E-state index contributed by atoms with van der Waals surface area (Å²) in [6.07, 6.45) is 44.0. The molecule has 1 heterocycles. The van der Waals surface area contributed by atoms with E-state index in [9.17, 15) is 0 Å². The van der Waals surface area contributed by atoms with E-state index in [1.165, 1.54) is 186 Å². The van der Waals surface area contributed by atoms with Crippen molar-refractivity contribution in [1.82, 2.24) is 9.80 Å². The third kappa shape index (κ3) is 20.0. The largest absolute Gasteiger partial charge is 0.356 e. The highest BCUT2D eigenvalue weighted by molar-refractivity contribution is 4.97. The Morgan fingerprint density at radius 3 is 1.00 bits per heavy atom. The van der Waals surface area contributed by atoms with Gasteiger partial charge in [0.15, 0.2) is 0 Å². The first-order chi connectivity index (χ1) is 18.3. The van der Waals surface area contributed by atoms with Crippen LogP contribution in [-0.4, -0.2) is 29.1 Å². The molecule has 0 aromatic heterocycles. The summed E-state index contributed by atoms with van der Waals surface area (Å²) in [6.45, 7) is 9.46. The van der Waals surface area contributed by atoms with Crippen molar-refractivity contribution in [1.29, 1.82) is 0 Å². The molecule has 1 unspecified atom stereocenters. The molecule has 0 aliphatic carbocycles. The highest BCUT2D eigenvalue weighted by Gasteiger charge is 2.24. The van der Waals surface area contributed by atoms with E-state index in [1.807, 2.05) is 0 Å². The second-order valence-electron chi connectivity index (χ2n) is 12.2. The average molecular weight is 519 g/mol. The van der Waals surface area contributed by atoms with E-state index in [-0.39, 0.29) is 0 Å². The van der Waals surface area contributed by atoms with Gasteiger partial charge in [-0.25, -0.2) is 0 Å². The van der Waals surface area contributed by atoms with Gasteiger partial charge in [-0.3, -0.25) is 0 Å². The molecule has 0 aromatic carbocycles. The van der Waals surface area contributed by atoms with Crippen LogP contribution in [0.5, 0.6) is 0 Å². The van der Waals surface area contributed by atoms with Crippen LogP contribution in [0.3, 0.4) is 0 Å². The molecule has 2 nitrogen and oxygen atoms in total.